The van der Waals surface area contributed by atoms with Crippen molar-refractivity contribution in [3.05, 3.63) is 95.8 Å². The molecule has 3 aromatic carbocycles. The first kappa shape index (κ1) is 23.0. The van der Waals surface area contributed by atoms with E-state index in [4.69, 9.17) is 0 Å². The maximum atomic E-state index is 13.9. The zero-order chi connectivity index (χ0) is 22.3. The van der Waals surface area contributed by atoms with Gasteiger partial charge in [-0.3, -0.25) is 4.79 Å². The Bertz CT molecular complexity index is 1120. The maximum absolute atomic E-state index is 13.9. The molecular formula is C23H23FN2O3S2. The normalized spacial score (nSPS) is 11.5. The van der Waals surface area contributed by atoms with Crippen LogP contribution in [0.2, 0.25) is 0 Å². The Labute approximate surface area is 186 Å². The number of carbonyl (C=O) groups is 1. The molecule has 0 aliphatic rings. The molecular weight excluding hydrogens is 435 g/mol. The van der Waals surface area contributed by atoms with E-state index in [1.54, 1.807) is 30.0 Å². The highest BCUT2D eigenvalue weighted by Gasteiger charge is 2.21. The molecule has 0 aliphatic carbocycles. The Morgan fingerprint density at radius 1 is 0.968 bits per heavy atom. The fourth-order valence-corrected chi connectivity index (χ4v) is 4.44. The third kappa shape index (κ3) is 7.20. The number of amides is 1. The van der Waals surface area contributed by atoms with Crippen LogP contribution in [0.15, 0.2) is 83.8 Å². The van der Waals surface area contributed by atoms with Gasteiger partial charge in [-0.2, -0.15) is 4.31 Å². The van der Waals surface area contributed by atoms with E-state index in [0.717, 1.165) is 21.9 Å². The molecule has 3 aromatic rings. The van der Waals surface area contributed by atoms with Gasteiger partial charge in [0.15, 0.2) is 0 Å². The summed E-state index contributed by atoms with van der Waals surface area (Å²) in [4.78, 5) is 13.6. The first-order chi connectivity index (χ1) is 14.8. The van der Waals surface area contributed by atoms with Crippen LogP contribution in [0.5, 0.6) is 0 Å². The van der Waals surface area contributed by atoms with E-state index >= 15 is 0 Å². The lowest BCUT2D eigenvalue weighted by atomic mass is 10.2. The number of carbonyl (C=O) groups excluding carboxylic acids is 1. The van der Waals surface area contributed by atoms with E-state index in [1.807, 2.05) is 42.5 Å². The summed E-state index contributed by atoms with van der Waals surface area (Å²) in [5.41, 5.74) is 1.88. The molecule has 0 saturated heterocycles. The Morgan fingerprint density at radius 2 is 1.61 bits per heavy atom. The molecule has 8 heteroatoms. The van der Waals surface area contributed by atoms with Crippen molar-refractivity contribution in [2.75, 3.05) is 18.1 Å². The molecule has 0 aliphatic heterocycles. The molecule has 1 amide bonds. The lowest BCUT2D eigenvalue weighted by Gasteiger charge is -2.20. The van der Waals surface area contributed by atoms with Crippen LogP contribution < -0.4 is 5.32 Å². The monoisotopic (exact) mass is 458 g/mol. The zero-order valence-electron chi connectivity index (χ0n) is 17.0. The Morgan fingerprint density at radius 3 is 2.26 bits per heavy atom. The third-order valence-electron chi connectivity index (χ3n) is 4.48. The number of thioether (sulfide) groups is 1. The van der Waals surface area contributed by atoms with Crippen molar-refractivity contribution < 1.29 is 17.6 Å². The average Bonchev–Trinajstić information content (AvgIpc) is 2.74. The number of rotatable bonds is 9. The molecule has 5 nitrogen and oxygen atoms in total. The van der Waals surface area contributed by atoms with E-state index in [0.29, 0.717) is 5.69 Å². The fourth-order valence-electron chi connectivity index (χ4n) is 2.84. The molecule has 0 bridgehead atoms. The number of halogens is 1. The molecule has 0 spiro atoms. The fraction of sp³-hybridized carbons (Fsp3) is 0.174. The van der Waals surface area contributed by atoms with E-state index < -0.39 is 28.3 Å². The van der Waals surface area contributed by atoms with Gasteiger partial charge in [-0.05, 0) is 35.9 Å². The first-order valence-electron chi connectivity index (χ1n) is 9.56. The van der Waals surface area contributed by atoms with Gasteiger partial charge in [0, 0.05) is 28.4 Å². The minimum Gasteiger partial charge on any atom is -0.325 e. The minimum atomic E-state index is -3.70. The Hall–Kier alpha value is -2.68. The summed E-state index contributed by atoms with van der Waals surface area (Å²) in [5, 5.41) is 2.70. The smallest absolute Gasteiger partial charge is 0.239 e. The summed E-state index contributed by atoms with van der Waals surface area (Å²) in [6.07, 6.45) is 1.00. The van der Waals surface area contributed by atoms with Crippen LogP contribution in [0.1, 0.15) is 11.1 Å². The van der Waals surface area contributed by atoms with Crippen LogP contribution >= 0.6 is 11.8 Å². The molecule has 31 heavy (non-hydrogen) atoms. The summed E-state index contributed by atoms with van der Waals surface area (Å²) in [6.45, 7) is -0.618. The van der Waals surface area contributed by atoms with Crippen molar-refractivity contribution in [2.45, 2.75) is 17.2 Å². The van der Waals surface area contributed by atoms with Gasteiger partial charge in [-0.25, -0.2) is 12.8 Å². The number of nitrogens with one attached hydrogen (secondary N) is 1. The largest absolute Gasteiger partial charge is 0.325 e. The number of sulfonamides is 1. The highest BCUT2D eigenvalue weighted by molar-refractivity contribution is 7.98. The zero-order valence-corrected chi connectivity index (χ0v) is 18.6. The number of benzene rings is 3. The van der Waals surface area contributed by atoms with Crippen molar-refractivity contribution >= 4 is 33.4 Å². The van der Waals surface area contributed by atoms with Crippen LogP contribution in [-0.4, -0.2) is 31.4 Å². The minimum absolute atomic E-state index is 0.209. The van der Waals surface area contributed by atoms with Crippen LogP contribution in [0.3, 0.4) is 0 Å². The SMILES string of the molecule is CS(=O)(=O)N(CC(=O)Nc1ccc(CSc2ccccc2)cc1)Cc1ccccc1F. The van der Waals surface area contributed by atoms with Gasteiger partial charge < -0.3 is 5.32 Å². The lowest BCUT2D eigenvalue weighted by Crippen LogP contribution is -2.37. The molecule has 0 saturated carbocycles. The molecule has 162 valence electrons. The lowest BCUT2D eigenvalue weighted by molar-refractivity contribution is -0.116. The topological polar surface area (TPSA) is 66.5 Å². The quantitative estimate of drug-likeness (QED) is 0.479. The van der Waals surface area contributed by atoms with E-state index in [2.05, 4.69) is 5.32 Å². The second kappa shape index (κ2) is 10.6. The second-order valence-electron chi connectivity index (χ2n) is 6.97. The molecule has 0 fully saturated rings. The van der Waals surface area contributed by atoms with E-state index in [9.17, 15) is 17.6 Å². The second-order valence-corrected chi connectivity index (χ2v) is 10.0. The van der Waals surface area contributed by atoms with Gasteiger partial charge >= 0.3 is 0 Å². The molecule has 0 radical (unpaired) electrons. The summed E-state index contributed by atoms with van der Waals surface area (Å²) in [5.74, 6) is -0.211. The highest BCUT2D eigenvalue weighted by atomic mass is 32.2. The number of nitrogens with zero attached hydrogens (tertiary/aromatic N) is 1. The van der Waals surface area contributed by atoms with Crippen LogP contribution in [0, 0.1) is 5.82 Å². The molecule has 3 rings (SSSR count). The predicted octanol–water partition coefficient (Wildman–Crippen LogP) is 4.52. The molecule has 0 aromatic heterocycles. The Balaban J connectivity index is 1.58. The van der Waals surface area contributed by atoms with Gasteiger partial charge in [0.05, 0.1) is 12.8 Å². The predicted molar refractivity (Wildman–Crippen MR) is 123 cm³/mol. The van der Waals surface area contributed by atoms with Crippen LogP contribution in [-0.2, 0) is 27.1 Å². The molecule has 1 N–H and O–H groups in total. The van der Waals surface area contributed by atoms with E-state index in [1.165, 1.54) is 23.1 Å². The van der Waals surface area contributed by atoms with Gasteiger partial charge in [0.1, 0.15) is 5.82 Å². The third-order valence-corrected chi connectivity index (χ3v) is 6.76. The molecule has 0 heterocycles. The Kier molecular flexibility index (Phi) is 7.84. The average molecular weight is 459 g/mol. The standard InChI is InChI=1S/C23H23FN2O3S2/c1-31(28,29)26(15-19-7-5-6-10-22(19)24)16-23(27)25-20-13-11-18(12-14-20)17-30-21-8-3-2-4-9-21/h2-14H,15-17H2,1H3,(H,25,27). The summed E-state index contributed by atoms with van der Waals surface area (Å²) < 4.78 is 39.0. The number of hydrogen-bond donors (Lipinski definition) is 1. The maximum Gasteiger partial charge on any atom is 0.239 e. The number of anilines is 1. The highest BCUT2D eigenvalue weighted by Crippen LogP contribution is 2.23. The summed E-state index contributed by atoms with van der Waals surface area (Å²) >= 11 is 1.72. The van der Waals surface area contributed by atoms with Gasteiger partial charge in [-0.15, -0.1) is 11.8 Å². The molecule has 0 unspecified atom stereocenters. The van der Waals surface area contributed by atoms with Crippen molar-refractivity contribution in [3.63, 3.8) is 0 Å². The van der Waals surface area contributed by atoms with Gasteiger partial charge in [0.25, 0.3) is 0 Å². The van der Waals surface area contributed by atoms with Crippen molar-refractivity contribution in [2.24, 2.45) is 0 Å². The van der Waals surface area contributed by atoms with Crippen molar-refractivity contribution in [1.29, 1.82) is 0 Å². The summed E-state index contributed by atoms with van der Waals surface area (Å²) in [7, 11) is -3.70. The van der Waals surface area contributed by atoms with Gasteiger partial charge in [0.2, 0.25) is 15.9 Å². The first-order valence-corrected chi connectivity index (χ1v) is 12.4. The van der Waals surface area contributed by atoms with Crippen LogP contribution in [0.4, 0.5) is 10.1 Å². The molecule has 0 atom stereocenters. The van der Waals surface area contributed by atoms with Crippen LogP contribution in [0.25, 0.3) is 0 Å². The van der Waals surface area contributed by atoms with Gasteiger partial charge in [-0.1, -0.05) is 48.5 Å². The number of hydrogen-bond acceptors (Lipinski definition) is 4. The summed E-state index contributed by atoms with van der Waals surface area (Å²) in [6, 6.07) is 23.4. The van der Waals surface area contributed by atoms with E-state index in [-0.39, 0.29) is 12.1 Å². The van der Waals surface area contributed by atoms with Crippen molar-refractivity contribution in [3.8, 4) is 0 Å². The van der Waals surface area contributed by atoms with Crippen molar-refractivity contribution in [1.82, 2.24) is 4.31 Å².